The largest absolute Gasteiger partial charge is 0.458 e. The predicted octanol–water partition coefficient (Wildman–Crippen LogP) is 1.84. The molecule has 1 fully saturated rings. The lowest BCUT2D eigenvalue weighted by Gasteiger charge is -2.22. The molecule has 0 bridgehead atoms. The van der Waals surface area contributed by atoms with Crippen molar-refractivity contribution in [3.05, 3.63) is 0 Å². The monoisotopic (exact) mass is 174 g/mol. The molecule has 1 aliphatic rings. The van der Waals surface area contributed by atoms with Gasteiger partial charge < -0.3 is 4.74 Å². The van der Waals surface area contributed by atoms with Crippen LogP contribution < -0.4 is 0 Å². The molecule has 2 nitrogen and oxygen atoms in total. The van der Waals surface area contributed by atoms with E-state index in [0.29, 0.717) is 6.42 Å². The fourth-order valence-corrected chi connectivity index (χ4v) is 2.43. The fourth-order valence-electron chi connectivity index (χ4n) is 1.08. The quantitative estimate of drug-likeness (QED) is 0.597. The summed E-state index contributed by atoms with van der Waals surface area (Å²) in [6.45, 7) is 3.84. The van der Waals surface area contributed by atoms with Crippen LogP contribution in [0.3, 0.4) is 0 Å². The second-order valence-corrected chi connectivity index (χ2v) is 4.19. The van der Waals surface area contributed by atoms with E-state index < -0.39 is 0 Å². The standard InChI is InChI=1S/C8H14O2S/c1-3-7(9)10-8(2)4-5-11-6-8/h3-6H2,1-2H3. The molecule has 0 saturated carbocycles. The van der Waals surface area contributed by atoms with Gasteiger partial charge in [0, 0.05) is 12.2 Å². The molecule has 0 N–H and O–H groups in total. The van der Waals surface area contributed by atoms with Crippen molar-refractivity contribution in [3.63, 3.8) is 0 Å². The van der Waals surface area contributed by atoms with Crippen LogP contribution in [0.25, 0.3) is 0 Å². The summed E-state index contributed by atoms with van der Waals surface area (Å²) in [4.78, 5) is 10.9. The van der Waals surface area contributed by atoms with E-state index in [-0.39, 0.29) is 11.6 Å². The number of rotatable bonds is 2. The Labute approximate surface area is 71.7 Å². The van der Waals surface area contributed by atoms with Crippen molar-refractivity contribution in [2.45, 2.75) is 32.3 Å². The molecule has 1 atom stereocenters. The Morgan fingerprint density at radius 2 is 2.45 bits per heavy atom. The Balaban J connectivity index is 2.39. The molecule has 1 saturated heterocycles. The molecule has 0 aromatic carbocycles. The second kappa shape index (κ2) is 3.48. The first-order valence-electron chi connectivity index (χ1n) is 3.96. The maximum absolute atomic E-state index is 10.9. The number of ether oxygens (including phenoxy) is 1. The third kappa shape index (κ3) is 2.40. The molecular formula is C8H14O2S. The summed E-state index contributed by atoms with van der Waals surface area (Å²) in [5, 5.41) is 0. The van der Waals surface area contributed by atoms with E-state index >= 15 is 0 Å². The molecule has 0 aliphatic carbocycles. The van der Waals surface area contributed by atoms with Gasteiger partial charge in [-0.1, -0.05) is 6.92 Å². The lowest BCUT2D eigenvalue weighted by atomic mass is 10.1. The summed E-state index contributed by atoms with van der Waals surface area (Å²) >= 11 is 1.86. The van der Waals surface area contributed by atoms with Crippen LogP contribution in [-0.4, -0.2) is 23.1 Å². The van der Waals surface area contributed by atoms with Crippen LogP contribution in [0.15, 0.2) is 0 Å². The molecule has 64 valence electrons. The van der Waals surface area contributed by atoms with Gasteiger partial charge in [0.25, 0.3) is 0 Å². The zero-order valence-corrected chi connectivity index (χ0v) is 7.87. The predicted molar refractivity (Wildman–Crippen MR) is 46.7 cm³/mol. The van der Waals surface area contributed by atoms with E-state index in [0.717, 1.165) is 17.9 Å². The van der Waals surface area contributed by atoms with E-state index in [1.807, 2.05) is 25.6 Å². The van der Waals surface area contributed by atoms with Crippen LogP contribution in [0.1, 0.15) is 26.7 Å². The number of carbonyl (C=O) groups is 1. The summed E-state index contributed by atoms with van der Waals surface area (Å²) in [7, 11) is 0. The van der Waals surface area contributed by atoms with Crippen molar-refractivity contribution in [2.75, 3.05) is 11.5 Å². The van der Waals surface area contributed by atoms with Gasteiger partial charge in [-0.3, -0.25) is 4.79 Å². The summed E-state index contributed by atoms with van der Waals surface area (Å²) in [6, 6.07) is 0. The van der Waals surface area contributed by atoms with Crippen molar-refractivity contribution in [1.82, 2.24) is 0 Å². The van der Waals surface area contributed by atoms with Gasteiger partial charge in [0.05, 0.1) is 0 Å². The van der Waals surface area contributed by atoms with Crippen molar-refractivity contribution < 1.29 is 9.53 Å². The zero-order valence-electron chi connectivity index (χ0n) is 7.05. The number of carbonyl (C=O) groups excluding carboxylic acids is 1. The van der Waals surface area contributed by atoms with Crippen molar-refractivity contribution in [2.24, 2.45) is 0 Å². The van der Waals surface area contributed by atoms with E-state index in [9.17, 15) is 4.79 Å². The minimum absolute atomic E-state index is 0.0741. The molecule has 0 amide bonds. The van der Waals surface area contributed by atoms with E-state index in [1.54, 1.807) is 0 Å². The second-order valence-electron chi connectivity index (χ2n) is 3.08. The maximum atomic E-state index is 10.9. The fraction of sp³-hybridized carbons (Fsp3) is 0.875. The molecule has 1 aliphatic heterocycles. The highest BCUT2D eigenvalue weighted by Crippen LogP contribution is 2.30. The van der Waals surface area contributed by atoms with Gasteiger partial charge in [-0.05, 0) is 19.1 Å². The number of thioether (sulfide) groups is 1. The van der Waals surface area contributed by atoms with Crippen molar-refractivity contribution >= 4 is 17.7 Å². The maximum Gasteiger partial charge on any atom is 0.306 e. The van der Waals surface area contributed by atoms with Gasteiger partial charge >= 0.3 is 5.97 Å². The smallest absolute Gasteiger partial charge is 0.306 e. The van der Waals surface area contributed by atoms with E-state index in [4.69, 9.17) is 4.74 Å². The first-order valence-corrected chi connectivity index (χ1v) is 5.11. The third-order valence-electron chi connectivity index (χ3n) is 1.83. The van der Waals surface area contributed by atoms with Crippen LogP contribution in [0.5, 0.6) is 0 Å². The summed E-state index contributed by atoms with van der Waals surface area (Å²) in [6.07, 6.45) is 1.49. The molecule has 1 rings (SSSR count). The van der Waals surface area contributed by atoms with Crippen LogP contribution in [0.4, 0.5) is 0 Å². The highest BCUT2D eigenvalue weighted by molar-refractivity contribution is 7.99. The third-order valence-corrected chi connectivity index (χ3v) is 3.14. The Bertz CT molecular complexity index is 150. The Morgan fingerprint density at radius 1 is 1.73 bits per heavy atom. The highest BCUT2D eigenvalue weighted by Gasteiger charge is 2.32. The zero-order chi connectivity index (χ0) is 8.32. The molecule has 0 radical (unpaired) electrons. The Hall–Kier alpha value is -0.180. The molecule has 0 spiro atoms. The lowest BCUT2D eigenvalue weighted by molar-refractivity contribution is -0.155. The van der Waals surface area contributed by atoms with Crippen LogP contribution in [0, 0.1) is 0 Å². The topological polar surface area (TPSA) is 26.3 Å². The van der Waals surface area contributed by atoms with Gasteiger partial charge in [0.1, 0.15) is 5.60 Å². The van der Waals surface area contributed by atoms with Gasteiger partial charge in [-0.25, -0.2) is 0 Å². The SMILES string of the molecule is CCC(=O)OC1(C)CCSC1. The molecule has 0 aromatic heterocycles. The number of esters is 1. The average Bonchev–Trinajstić information content (AvgIpc) is 2.36. The molecule has 0 aromatic rings. The highest BCUT2D eigenvalue weighted by atomic mass is 32.2. The van der Waals surface area contributed by atoms with Crippen LogP contribution >= 0.6 is 11.8 Å². The lowest BCUT2D eigenvalue weighted by Crippen LogP contribution is -2.30. The molecule has 1 unspecified atom stereocenters. The summed E-state index contributed by atoms with van der Waals surface area (Å²) < 4.78 is 5.29. The first-order chi connectivity index (χ1) is 5.16. The van der Waals surface area contributed by atoms with Crippen LogP contribution in [-0.2, 0) is 9.53 Å². The van der Waals surface area contributed by atoms with Crippen LogP contribution in [0.2, 0.25) is 0 Å². The summed E-state index contributed by atoms with van der Waals surface area (Å²) in [5.41, 5.74) is -0.169. The van der Waals surface area contributed by atoms with E-state index in [1.165, 1.54) is 0 Å². The molecule has 1 heterocycles. The minimum atomic E-state index is -0.169. The Morgan fingerprint density at radius 3 is 2.91 bits per heavy atom. The van der Waals surface area contributed by atoms with E-state index in [2.05, 4.69) is 0 Å². The molecule has 11 heavy (non-hydrogen) atoms. The van der Waals surface area contributed by atoms with Crippen molar-refractivity contribution in [3.8, 4) is 0 Å². The van der Waals surface area contributed by atoms with Gasteiger partial charge in [0.2, 0.25) is 0 Å². The van der Waals surface area contributed by atoms with Gasteiger partial charge in [-0.15, -0.1) is 0 Å². The van der Waals surface area contributed by atoms with Gasteiger partial charge in [0.15, 0.2) is 0 Å². The number of hydrogen-bond donors (Lipinski definition) is 0. The molecular weight excluding hydrogens is 160 g/mol. The van der Waals surface area contributed by atoms with Gasteiger partial charge in [-0.2, -0.15) is 11.8 Å². The summed E-state index contributed by atoms with van der Waals surface area (Å²) in [5.74, 6) is 2.00. The number of hydrogen-bond acceptors (Lipinski definition) is 3. The Kier molecular flexibility index (Phi) is 2.82. The normalized spacial score (nSPS) is 30.4. The first kappa shape index (κ1) is 8.91. The average molecular weight is 174 g/mol. The van der Waals surface area contributed by atoms with Crippen molar-refractivity contribution in [1.29, 1.82) is 0 Å². The minimum Gasteiger partial charge on any atom is -0.458 e. The molecule has 3 heteroatoms.